The molecule has 4 nitrogen and oxygen atoms in total. The van der Waals surface area contributed by atoms with Crippen molar-refractivity contribution in [1.82, 2.24) is 4.90 Å². The number of aryl methyl sites for hydroxylation is 1. The lowest BCUT2D eigenvalue weighted by atomic mass is 10.0. The van der Waals surface area contributed by atoms with Gasteiger partial charge in [0, 0.05) is 18.8 Å². The molecule has 0 spiro atoms. The largest absolute Gasteiger partial charge is 0.339 e. The normalized spacial score (nSPS) is 20.5. The van der Waals surface area contributed by atoms with E-state index in [9.17, 15) is 13.2 Å². The number of benzene rings is 1. The van der Waals surface area contributed by atoms with Crippen molar-refractivity contribution in [2.24, 2.45) is 0 Å². The number of sulfone groups is 1. The molecule has 1 heterocycles. The van der Waals surface area contributed by atoms with Crippen molar-refractivity contribution < 1.29 is 13.2 Å². The molecule has 0 aromatic heterocycles. The first-order valence-electron chi connectivity index (χ1n) is 7.43. The Morgan fingerprint density at radius 1 is 1.33 bits per heavy atom. The molecule has 2 rings (SSSR count). The van der Waals surface area contributed by atoms with Gasteiger partial charge in [0.1, 0.15) is 5.25 Å². The van der Waals surface area contributed by atoms with Crippen molar-refractivity contribution in [3.63, 3.8) is 0 Å². The fourth-order valence-electron chi connectivity index (χ4n) is 2.82. The highest BCUT2D eigenvalue weighted by Gasteiger charge is 2.34. The van der Waals surface area contributed by atoms with E-state index in [1.54, 1.807) is 4.90 Å². The number of likely N-dealkylation sites (tertiary alicyclic amines) is 1. The van der Waals surface area contributed by atoms with E-state index in [2.05, 4.69) is 12.1 Å². The lowest BCUT2D eigenvalue weighted by Crippen LogP contribution is -2.43. The maximum atomic E-state index is 12.4. The van der Waals surface area contributed by atoms with Crippen LogP contribution in [0.2, 0.25) is 0 Å². The predicted octanol–water partition coefficient (Wildman–Crippen LogP) is 2.04. The molecule has 1 aliphatic heterocycles. The van der Waals surface area contributed by atoms with E-state index in [4.69, 9.17) is 0 Å². The smallest absolute Gasteiger partial charge is 0.240 e. The van der Waals surface area contributed by atoms with Gasteiger partial charge < -0.3 is 4.90 Å². The monoisotopic (exact) mass is 309 g/mol. The summed E-state index contributed by atoms with van der Waals surface area (Å²) in [6.07, 6.45) is 4.87. The summed E-state index contributed by atoms with van der Waals surface area (Å²) in [6, 6.07) is 10.3. The van der Waals surface area contributed by atoms with Crippen LogP contribution in [0.25, 0.3) is 0 Å². The van der Waals surface area contributed by atoms with E-state index in [1.165, 1.54) is 12.5 Å². The summed E-state index contributed by atoms with van der Waals surface area (Å²) in [5.74, 6) is -0.243. The van der Waals surface area contributed by atoms with Gasteiger partial charge in [-0.2, -0.15) is 0 Å². The molecule has 1 fully saturated rings. The van der Waals surface area contributed by atoms with Crippen molar-refractivity contribution >= 4 is 15.7 Å². The molecule has 116 valence electrons. The highest BCUT2D eigenvalue weighted by Crippen LogP contribution is 2.23. The van der Waals surface area contributed by atoms with Gasteiger partial charge in [-0.25, -0.2) is 8.42 Å². The van der Waals surface area contributed by atoms with Gasteiger partial charge in [0.2, 0.25) is 5.91 Å². The Morgan fingerprint density at radius 3 is 2.62 bits per heavy atom. The summed E-state index contributed by atoms with van der Waals surface area (Å²) in [5, 5.41) is -0.935. The molecule has 1 amide bonds. The minimum Gasteiger partial charge on any atom is -0.339 e. The molecule has 2 atom stereocenters. The number of carbonyl (C=O) groups is 1. The number of hydrogen-bond donors (Lipinski definition) is 0. The van der Waals surface area contributed by atoms with Gasteiger partial charge in [0.05, 0.1) is 0 Å². The van der Waals surface area contributed by atoms with Crippen LogP contribution in [0.3, 0.4) is 0 Å². The van der Waals surface area contributed by atoms with Crippen LogP contribution in [0.4, 0.5) is 0 Å². The summed E-state index contributed by atoms with van der Waals surface area (Å²) < 4.78 is 23.1. The zero-order chi connectivity index (χ0) is 15.5. The molecule has 0 bridgehead atoms. The van der Waals surface area contributed by atoms with Gasteiger partial charge in [0.15, 0.2) is 9.84 Å². The first-order chi connectivity index (χ1) is 9.89. The Bertz CT molecular complexity index is 583. The quantitative estimate of drug-likeness (QED) is 0.836. The summed E-state index contributed by atoms with van der Waals surface area (Å²) in [7, 11) is -3.32. The summed E-state index contributed by atoms with van der Waals surface area (Å²) >= 11 is 0. The Balaban J connectivity index is 1.99. The second kappa shape index (κ2) is 6.60. The standard InChI is InChI=1S/C16H23NO3S/c1-13(21(2,19)20)16(18)17-12-6-9-15(17)11-10-14-7-4-3-5-8-14/h3-5,7-8,13,15H,6,9-12H2,1-2H3/t13-,15+/m0/s1. The molecule has 0 saturated carbocycles. The Morgan fingerprint density at radius 2 is 2.00 bits per heavy atom. The Hall–Kier alpha value is -1.36. The van der Waals surface area contributed by atoms with E-state index >= 15 is 0 Å². The van der Waals surface area contributed by atoms with Crippen molar-refractivity contribution in [3.05, 3.63) is 35.9 Å². The minimum atomic E-state index is -3.32. The van der Waals surface area contributed by atoms with Crippen LogP contribution in [0, 0.1) is 0 Å². The summed E-state index contributed by atoms with van der Waals surface area (Å²) in [5.41, 5.74) is 1.26. The second-order valence-corrected chi connectivity index (χ2v) is 8.19. The molecule has 5 heteroatoms. The lowest BCUT2D eigenvalue weighted by Gasteiger charge is -2.27. The number of amides is 1. The highest BCUT2D eigenvalue weighted by molar-refractivity contribution is 7.92. The molecule has 0 unspecified atom stereocenters. The average Bonchev–Trinajstić information content (AvgIpc) is 2.92. The van der Waals surface area contributed by atoms with Crippen LogP contribution >= 0.6 is 0 Å². The predicted molar refractivity (Wildman–Crippen MR) is 83.8 cm³/mol. The molecular formula is C16H23NO3S. The van der Waals surface area contributed by atoms with Gasteiger partial charge in [-0.15, -0.1) is 0 Å². The molecule has 1 saturated heterocycles. The van der Waals surface area contributed by atoms with Gasteiger partial charge in [-0.3, -0.25) is 4.79 Å². The average molecular weight is 309 g/mol. The van der Waals surface area contributed by atoms with Gasteiger partial charge in [-0.05, 0) is 38.2 Å². The van der Waals surface area contributed by atoms with Crippen molar-refractivity contribution in [1.29, 1.82) is 0 Å². The lowest BCUT2D eigenvalue weighted by molar-refractivity contribution is -0.131. The molecule has 1 aromatic carbocycles. The second-order valence-electron chi connectivity index (χ2n) is 5.82. The Kier molecular flexibility index (Phi) is 5.04. The summed E-state index contributed by atoms with van der Waals surface area (Å²) in [4.78, 5) is 14.1. The fourth-order valence-corrected chi connectivity index (χ4v) is 3.32. The molecule has 1 aliphatic rings. The van der Waals surface area contributed by atoms with E-state index < -0.39 is 15.1 Å². The first kappa shape index (κ1) is 16.0. The van der Waals surface area contributed by atoms with Crippen LogP contribution < -0.4 is 0 Å². The maximum Gasteiger partial charge on any atom is 0.240 e. The number of nitrogens with zero attached hydrogens (tertiary/aromatic N) is 1. The van der Waals surface area contributed by atoms with Crippen LogP contribution in [0.15, 0.2) is 30.3 Å². The van der Waals surface area contributed by atoms with E-state index in [1.807, 2.05) is 18.2 Å². The van der Waals surface area contributed by atoms with E-state index in [-0.39, 0.29) is 11.9 Å². The van der Waals surface area contributed by atoms with Crippen molar-refractivity contribution in [3.8, 4) is 0 Å². The third-order valence-electron chi connectivity index (χ3n) is 4.26. The molecule has 0 N–H and O–H groups in total. The Labute approximate surface area is 127 Å². The maximum absolute atomic E-state index is 12.4. The highest BCUT2D eigenvalue weighted by atomic mass is 32.2. The van der Waals surface area contributed by atoms with E-state index in [0.29, 0.717) is 6.54 Å². The van der Waals surface area contributed by atoms with Crippen LogP contribution in [0.5, 0.6) is 0 Å². The first-order valence-corrected chi connectivity index (χ1v) is 9.38. The van der Waals surface area contributed by atoms with Crippen LogP contribution in [-0.2, 0) is 21.1 Å². The minimum absolute atomic E-state index is 0.168. The zero-order valence-electron chi connectivity index (χ0n) is 12.7. The number of rotatable bonds is 5. The molecule has 21 heavy (non-hydrogen) atoms. The molecule has 0 aliphatic carbocycles. The van der Waals surface area contributed by atoms with Crippen LogP contribution in [-0.4, -0.2) is 43.3 Å². The zero-order valence-corrected chi connectivity index (χ0v) is 13.5. The third kappa shape index (κ3) is 4.06. The van der Waals surface area contributed by atoms with Gasteiger partial charge >= 0.3 is 0 Å². The van der Waals surface area contributed by atoms with Crippen LogP contribution in [0.1, 0.15) is 31.7 Å². The third-order valence-corrected chi connectivity index (χ3v) is 5.75. The fraction of sp³-hybridized carbons (Fsp3) is 0.562. The molecule has 1 aromatic rings. The SMILES string of the molecule is C[C@@H](C(=O)N1CCC[C@@H]1CCc1ccccc1)S(C)(=O)=O. The van der Waals surface area contributed by atoms with Crippen molar-refractivity contribution in [2.75, 3.05) is 12.8 Å². The molecular weight excluding hydrogens is 286 g/mol. The molecule has 0 radical (unpaired) electrons. The topological polar surface area (TPSA) is 54.5 Å². The van der Waals surface area contributed by atoms with Crippen molar-refractivity contribution in [2.45, 2.75) is 43.9 Å². The van der Waals surface area contributed by atoms with E-state index in [0.717, 1.165) is 31.9 Å². The number of carbonyl (C=O) groups excluding carboxylic acids is 1. The van der Waals surface area contributed by atoms with Gasteiger partial charge in [-0.1, -0.05) is 30.3 Å². The number of hydrogen-bond acceptors (Lipinski definition) is 3. The van der Waals surface area contributed by atoms with Gasteiger partial charge in [0.25, 0.3) is 0 Å². The summed E-state index contributed by atoms with van der Waals surface area (Å²) in [6.45, 7) is 2.17.